The van der Waals surface area contributed by atoms with Gasteiger partial charge in [-0.05, 0) is 60.2 Å². The molecule has 3 fully saturated rings. The van der Waals surface area contributed by atoms with Crippen LogP contribution in [0.3, 0.4) is 0 Å². The molecule has 2 saturated heterocycles. The maximum Gasteiger partial charge on any atom is 0.417 e. The van der Waals surface area contributed by atoms with Gasteiger partial charge >= 0.3 is 17.6 Å². The van der Waals surface area contributed by atoms with E-state index in [1.807, 2.05) is 0 Å². The van der Waals surface area contributed by atoms with Crippen LogP contribution in [0.4, 0.5) is 41.7 Å². The Morgan fingerprint density at radius 2 is 1.59 bits per heavy atom. The van der Waals surface area contributed by atoms with Crippen LogP contribution in [-0.2, 0) is 30.8 Å². The summed E-state index contributed by atoms with van der Waals surface area (Å²) in [5.74, 6) is -10.3. The number of pyridine rings is 1. The first-order valence-electron chi connectivity index (χ1n) is 18.9. The molecule has 17 nitrogen and oxygen atoms in total. The van der Waals surface area contributed by atoms with E-state index in [1.54, 1.807) is 12.1 Å². The summed E-state index contributed by atoms with van der Waals surface area (Å²) in [5, 5.41) is 35.9. The van der Waals surface area contributed by atoms with Crippen molar-refractivity contribution in [1.29, 1.82) is 0 Å². The summed E-state index contributed by atoms with van der Waals surface area (Å²) in [6.45, 7) is 0. The lowest BCUT2D eigenvalue weighted by molar-refractivity contribution is -0.392. The smallest absolute Gasteiger partial charge is 0.417 e. The largest absolute Gasteiger partial charge is 0.504 e. The number of hydrazine groups is 1. The second-order valence-corrected chi connectivity index (χ2v) is 16.4. The number of hydrogen-bond acceptors (Lipinski definition) is 13. The number of ether oxygens (including phenoxy) is 1. The van der Waals surface area contributed by atoms with Crippen LogP contribution in [0.15, 0.2) is 78.5 Å². The van der Waals surface area contributed by atoms with E-state index in [4.69, 9.17) is 27.9 Å². The highest BCUT2D eigenvalue weighted by Crippen LogP contribution is 2.65. The van der Waals surface area contributed by atoms with E-state index < -0.39 is 108 Å². The molecule has 1 saturated carbocycles. The fourth-order valence-electron chi connectivity index (χ4n) is 9.75. The Morgan fingerprint density at radius 3 is 2.14 bits per heavy atom. The standard InChI is InChI=1S/C41H32Cl2F3N7O10/c1-49(2)34-28(52(59)60)14-22(15-29(34)53(61)62)50-36(55)24-10-9-23-25(32(24)38(50)57)16-26-37(56)51(48-35-27(43)13-20(17-47-35)41(44,45)46)39(58)40(26,19-5-7-21(42)8-6-19)33(23)18-4-11-31(63-3)30(54)12-18/h4-9,11-15,17,24-26,32-33,54H,10,16H2,1-3H3,(H,47,48)/t24-,25+,26-,32-,33-,40+/m0/s1. The lowest BCUT2D eigenvalue weighted by atomic mass is 9.49. The maximum absolute atomic E-state index is 15.4. The second-order valence-electron chi connectivity index (χ2n) is 15.6. The van der Waals surface area contributed by atoms with Crippen LogP contribution < -0.4 is 20.0 Å². The number of amides is 4. The molecular weight excluding hydrogens is 878 g/mol. The quantitative estimate of drug-likeness (QED) is 0.0736. The van der Waals surface area contributed by atoms with E-state index >= 15 is 4.79 Å². The fraction of sp³-hybridized carbons (Fsp3) is 0.293. The lowest BCUT2D eigenvalue weighted by Crippen LogP contribution is -2.53. The van der Waals surface area contributed by atoms with Crippen molar-refractivity contribution in [2.45, 2.75) is 30.4 Å². The fourth-order valence-corrected chi connectivity index (χ4v) is 10.1. The summed E-state index contributed by atoms with van der Waals surface area (Å²) in [7, 11) is 4.03. The van der Waals surface area contributed by atoms with E-state index in [2.05, 4.69) is 10.4 Å². The van der Waals surface area contributed by atoms with Crippen LogP contribution in [0.2, 0.25) is 10.0 Å². The van der Waals surface area contributed by atoms with Gasteiger partial charge in [-0.3, -0.25) is 44.8 Å². The zero-order chi connectivity index (χ0) is 45.6. The SMILES string of the molecule is COc1ccc([C@H]2C3=CC[C@@H]4C(=O)N(c5cc([N+](=O)[O-])c(N(C)C)c([N+](=O)[O-])c5)C(=O)[C@@H]4[C@@H]3C[C@H]3C(=O)N(Nc4ncc(C(F)(F)F)cc4Cl)C(=O)[C@@]23c2ccc(Cl)cc2)cc1O. The van der Waals surface area contributed by atoms with Crippen molar-refractivity contribution < 1.29 is 52.0 Å². The number of phenols is 1. The Kier molecular flexibility index (Phi) is 10.4. The molecular formula is C41H32Cl2F3N7O10. The van der Waals surface area contributed by atoms with Crippen LogP contribution in [-0.4, -0.2) is 69.8 Å². The minimum atomic E-state index is -4.82. The van der Waals surface area contributed by atoms with Crippen molar-refractivity contribution in [2.75, 3.05) is 36.4 Å². The minimum absolute atomic E-state index is 0.0525. The van der Waals surface area contributed by atoms with Crippen LogP contribution in [0.1, 0.15) is 35.4 Å². The van der Waals surface area contributed by atoms with Crippen LogP contribution in [0.25, 0.3) is 0 Å². The zero-order valence-electron chi connectivity index (χ0n) is 32.9. The second kappa shape index (κ2) is 15.2. The number of allylic oxidation sites excluding steroid dienone is 2. The highest BCUT2D eigenvalue weighted by atomic mass is 35.5. The van der Waals surface area contributed by atoms with Crippen molar-refractivity contribution in [3.63, 3.8) is 0 Å². The Balaban J connectivity index is 1.31. The molecule has 6 atom stereocenters. The number of hydrogen-bond donors (Lipinski definition) is 2. The molecule has 8 rings (SSSR count). The number of carbonyl (C=O) groups excluding carboxylic acids is 4. The minimum Gasteiger partial charge on any atom is -0.504 e. The van der Waals surface area contributed by atoms with Crippen molar-refractivity contribution >= 4 is 75.4 Å². The highest BCUT2D eigenvalue weighted by Gasteiger charge is 2.70. The monoisotopic (exact) mass is 909 g/mol. The molecule has 2 aliphatic carbocycles. The molecule has 2 N–H and O–H groups in total. The molecule has 0 bridgehead atoms. The van der Waals surface area contributed by atoms with Gasteiger partial charge in [0, 0.05) is 43.4 Å². The molecule has 3 aromatic carbocycles. The van der Waals surface area contributed by atoms with Gasteiger partial charge in [-0.2, -0.15) is 18.2 Å². The number of carbonyl (C=O) groups is 4. The lowest BCUT2D eigenvalue weighted by Gasteiger charge is -2.50. The molecule has 4 amide bonds. The molecule has 1 aromatic heterocycles. The molecule has 4 aliphatic rings. The molecule has 2 aliphatic heterocycles. The van der Waals surface area contributed by atoms with Gasteiger partial charge in [0.1, 0.15) is 0 Å². The van der Waals surface area contributed by atoms with E-state index in [9.17, 15) is 52.9 Å². The number of aromatic hydroxyl groups is 1. The first-order chi connectivity index (χ1) is 29.7. The number of nitrogens with one attached hydrogen (secondary N) is 1. The number of halogens is 5. The number of phenolic OH excluding ortho intramolecular Hbond substituents is 1. The van der Waals surface area contributed by atoms with Gasteiger partial charge in [0.15, 0.2) is 23.0 Å². The van der Waals surface area contributed by atoms with Gasteiger partial charge in [-0.25, -0.2) is 9.88 Å². The predicted molar refractivity (Wildman–Crippen MR) is 218 cm³/mol. The molecule has 4 aromatic rings. The van der Waals surface area contributed by atoms with E-state index in [0.29, 0.717) is 27.7 Å². The molecule has 22 heteroatoms. The number of aromatic nitrogens is 1. The Labute approximate surface area is 363 Å². The van der Waals surface area contributed by atoms with Crippen LogP contribution >= 0.6 is 23.2 Å². The first-order valence-corrected chi connectivity index (χ1v) is 19.7. The van der Waals surface area contributed by atoms with Gasteiger partial charge in [0.05, 0.1) is 56.4 Å². The van der Waals surface area contributed by atoms with Gasteiger partial charge in [0.25, 0.3) is 11.8 Å². The number of nitrogens with zero attached hydrogens (tertiary/aromatic N) is 6. The Bertz CT molecular complexity index is 2680. The molecule has 0 unspecified atom stereocenters. The number of nitro groups is 2. The number of imide groups is 2. The summed E-state index contributed by atoms with van der Waals surface area (Å²) >= 11 is 12.6. The number of alkyl halides is 3. The van der Waals surface area contributed by atoms with Crippen molar-refractivity contribution in [3.8, 4) is 11.5 Å². The molecule has 3 heterocycles. The van der Waals surface area contributed by atoms with Gasteiger partial charge in [-0.15, -0.1) is 0 Å². The third-order valence-corrected chi connectivity index (χ3v) is 12.8. The number of methoxy groups -OCH3 is 1. The number of fused-ring (bicyclic) bond motifs is 4. The molecule has 0 spiro atoms. The molecule has 326 valence electrons. The average molecular weight is 911 g/mol. The third kappa shape index (κ3) is 6.57. The summed E-state index contributed by atoms with van der Waals surface area (Å²) in [5.41, 5.74) is -1.96. The average Bonchev–Trinajstić information content (AvgIpc) is 3.61. The first kappa shape index (κ1) is 42.9. The maximum atomic E-state index is 15.4. The predicted octanol–water partition coefficient (Wildman–Crippen LogP) is 7.19. The van der Waals surface area contributed by atoms with Gasteiger partial charge in [0.2, 0.25) is 11.8 Å². The van der Waals surface area contributed by atoms with Gasteiger partial charge in [-0.1, -0.05) is 53.1 Å². The normalized spacial score (nSPS) is 24.1. The zero-order valence-corrected chi connectivity index (χ0v) is 34.4. The Morgan fingerprint density at radius 1 is 0.937 bits per heavy atom. The Hall–Kier alpha value is -6.80. The van der Waals surface area contributed by atoms with Gasteiger partial charge < -0.3 is 14.7 Å². The van der Waals surface area contributed by atoms with E-state index in [-0.39, 0.29) is 46.2 Å². The summed E-state index contributed by atoms with van der Waals surface area (Å²) in [6, 6.07) is 12.7. The topological polar surface area (TPSA) is 219 Å². The number of nitro benzene ring substituents is 2. The molecule has 0 radical (unpaired) electrons. The van der Waals surface area contributed by atoms with Crippen LogP contribution in [0.5, 0.6) is 11.5 Å². The summed E-state index contributed by atoms with van der Waals surface area (Å²) in [4.78, 5) is 87.9. The third-order valence-electron chi connectivity index (χ3n) is 12.2. The molecule has 63 heavy (non-hydrogen) atoms. The summed E-state index contributed by atoms with van der Waals surface area (Å²) in [6.07, 6.45) is -3.09. The van der Waals surface area contributed by atoms with E-state index in [1.165, 1.54) is 57.6 Å². The van der Waals surface area contributed by atoms with Crippen LogP contribution in [0, 0.1) is 43.9 Å². The highest BCUT2D eigenvalue weighted by molar-refractivity contribution is 6.33. The van der Waals surface area contributed by atoms with Crippen molar-refractivity contribution in [3.05, 3.63) is 125 Å². The van der Waals surface area contributed by atoms with Crippen molar-refractivity contribution in [2.24, 2.45) is 23.7 Å². The van der Waals surface area contributed by atoms with Crippen molar-refractivity contribution in [1.82, 2.24) is 9.99 Å². The number of anilines is 3. The summed E-state index contributed by atoms with van der Waals surface area (Å²) < 4.78 is 45.9. The van der Waals surface area contributed by atoms with E-state index in [0.717, 1.165) is 17.0 Å². The number of benzene rings is 3. The number of rotatable bonds is 9.